The minimum absolute atomic E-state index is 0.107. The van der Waals surface area contributed by atoms with Crippen molar-refractivity contribution < 1.29 is 0 Å². The van der Waals surface area contributed by atoms with Crippen LogP contribution in [-0.4, -0.2) is 0 Å². The molecule has 1 aliphatic rings. The molecular formula is C69H52N2. The summed E-state index contributed by atoms with van der Waals surface area (Å²) in [6, 6.07) is 101. The molecule has 0 saturated heterocycles. The number of anilines is 6. The predicted molar refractivity (Wildman–Crippen MR) is 301 cm³/mol. The lowest BCUT2D eigenvalue weighted by molar-refractivity contribution is 0.660. The first-order valence-corrected chi connectivity index (χ1v) is 24.6. The van der Waals surface area contributed by atoms with E-state index in [0.717, 1.165) is 45.3 Å². The first kappa shape index (κ1) is 43.3. The van der Waals surface area contributed by atoms with Crippen molar-refractivity contribution in [2.45, 2.75) is 19.3 Å². The minimum Gasteiger partial charge on any atom is -0.310 e. The van der Waals surface area contributed by atoms with E-state index in [9.17, 15) is 0 Å². The van der Waals surface area contributed by atoms with Crippen LogP contribution < -0.4 is 9.80 Å². The van der Waals surface area contributed by atoms with Crippen LogP contribution in [0.1, 0.15) is 25.0 Å². The summed E-state index contributed by atoms with van der Waals surface area (Å²) >= 11 is 0. The van der Waals surface area contributed by atoms with Crippen molar-refractivity contribution >= 4 is 34.1 Å². The van der Waals surface area contributed by atoms with E-state index in [1.807, 2.05) is 0 Å². The molecule has 0 bridgehead atoms. The molecule has 0 N–H and O–H groups in total. The van der Waals surface area contributed by atoms with Gasteiger partial charge in [-0.05, 0) is 163 Å². The summed E-state index contributed by atoms with van der Waals surface area (Å²) < 4.78 is 0. The normalized spacial score (nSPS) is 12.2. The molecule has 0 aromatic heterocycles. The molecule has 1 aliphatic carbocycles. The highest BCUT2D eigenvalue weighted by molar-refractivity contribution is 5.96. The van der Waals surface area contributed by atoms with Crippen molar-refractivity contribution in [1.82, 2.24) is 0 Å². The van der Waals surface area contributed by atoms with Gasteiger partial charge in [0.15, 0.2) is 0 Å². The largest absolute Gasteiger partial charge is 0.310 e. The average Bonchev–Trinajstić information content (AvgIpc) is 3.67. The molecule has 12 rings (SSSR count). The summed E-state index contributed by atoms with van der Waals surface area (Å²) in [5, 5.41) is 0. The lowest BCUT2D eigenvalue weighted by atomic mass is 9.82. The Labute approximate surface area is 418 Å². The quantitative estimate of drug-likeness (QED) is 0.128. The Morgan fingerprint density at radius 3 is 1.04 bits per heavy atom. The first-order valence-electron chi connectivity index (χ1n) is 24.6. The van der Waals surface area contributed by atoms with Gasteiger partial charge in [0.2, 0.25) is 0 Å². The van der Waals surface area contributed by atoms with E-state index >= 15 is 0 Å². The van der Waals surface area contributed by atoms with Crippen molar-refractivity contribution in [2.75, 3.05) is 9.80 Å². The number of hydrogen-bond donors (Lipinski definition) is 0. The van der Waals surface area contributed by atoms with Crippen LogP contribution in [0.3, 0.4) is 0 Å². The number of para-hydroxylation sites is 2. The van der Waals surface area contributed by atoms with Crippen molar-refractivity contribution in [1.29, 1.82) is 0 Å². The Kier molecular flexibility index (Phi) is 11.3. The van der Waals surface area contributed by atoms with Crippen LogP contribution in [0.2, 0.25) is 0 Å². The van der Waals surface area contributed by atoms with E-state index in [0.29, 0.717) is 0 Å². The summed E-state index contributed by atoms with van der Waals surface area (Å²) in [5.41, 5.74) is 23.7. The van der Waals surface area contributed by atoms with Gasteiger partial charge in [0, 0.05) is 39.5 Å². The van der Waals surface area contributed by atoms with Crippen molar-refractivity contribution in [3.63, 3.8) is 0 Å². The van der Waals surface area contributed by atoms with Gasteiger partial charge in [-0.1, -0.05) is 208 Å². The topological polar surface area (TPSA) is 6.48 Å². The lowest BCUT2D eigenvalue weighted by Gasteiger charge is -2.28. The van der Waals surface area contributed by atoms with Crippen molar-refractivity contribution in [2.24, 2.45) is 0 Å². The second-order valence-electron chi connectivity index (χ2n) is 18.9. The molecule has 0 atom stereocenters. The molecule has 0 unspecified atom stereocenters. The molecule has 0 saturated carbocycles. The van der Waals surface area contributed by atoms with Crippen LogP contribution in [0, 0.1) is 0 Å². The Bertz CT molecular complexity index is 3620. The third-order valence-electron chi connectivity index (χ3n) is 14.3. The highest BCUT2D eigenvalue weighted by atomic mass is 15.1. The van der Waals surface area contributed by atoms with Gasteiger partial charge in [0.05, 0.1) is 0 Å². The standard InChI is InChI=1S/C69H52N2/c1-69(2)67-34-19-18-33-61(67)62-44-43-60(46-68(62)69)71(56-30-16-7-17-31-56)58-41-37-53(38-42-58)66-48-63(50-23-10-4-11-24-50)65(47-64(66)51-25-12-5-13-26-51)52-35-39-57(40-36-52)70(55-28-14-6-15-29-55)59-32-20-27-54(45-59)49-21-8-3-9-22-49/h3-48H,1-2H3. The van der Waals surface area contributed by atoms with Crippen LogP contribution in [0.4, 0.5) is 34.1 Å². The van der Waals surface area contributed by atoms with Gasteiger partial charge in [-0.15, -0.1) is 0 Å². The summed E-state index contributed by atoms with van der Waals surface area (Å²) in [6.07, 6.45) is 0. The zero-order valence-electron chi connectivity index (χ0n) is 40.0. The van der Waals surface area contributed by atoms with E-state index in [2.05, 4.69) is 303 Å². The van der Waals surface area contributed by atoms with Crippen LogP contribution in [0.15, 0.2) is 279 Å². The maximum absolute atomic E-state index is 2.41. The van der Waals surface area contributed by atoms with E-state index in [1.165, 1.54) is 66.8 Å². The second kappa shape index (κ2) is 18.5. The molecule has 0 spiro atoms. The number of fused-ring (bicyclic) bond motifs is 3. The highest BCUT2D eigenvalue weighted by Gasteiger charge is 2.35. The summed E-state index contributed by atoms with van der Waals surface area (Å²) in [5.74, 6) is 0. The number of benzene rings is 11. The van der Waals surface area contributed by atoms with E-state index in [4.69, 9.17) is 0 Å². The van der Waals surface area contributed by atoms with Gasteiger partial charge >= 0.3 is 0 Å². The Balaban J connectivity index is 0.961. The van der Waals surface area contributed by atoms with Crippen LogP contribution in [0.25, 0.3) is 66.8 Å². The predicted octanol–water partition coefficient (Wildman–Crippen LogP) is 19.3. The molecular weight excluding hydrogens is 857 g/mol. The third kappa shape index (κ3) is 8.20. The Morgan fingerprint density at radius 2 is 0.549 bits per heavy atom. The zero-order chi connectivity index (χ0) is 47.7. The summed E-state index contributed by atoms with van der Waals surface area (Å²) in [6.45, 7) is 4.70. The smallest absolute Gasteiger partial charge is 0.0467 e. The third-order valence-corrected chi connectivity index (χ3v) is 14.3. The molecule has 0 aliphatic heterocycles. The molecule has 0 fully saturated rings. The van der Waals surface area contributed by atoms with Gasteiger partial charge in [-0.2, -0.15) is 0 Å². The van der Waals surface area contributed by atoms with E-state index < -0.39 is 0 Å². The SMILES string of the molecule is CC1(C)c2ccccc2-c2ccc(N(c3ccccc3)c3ccc(-c4cc(-c5ccccc5)c(-c5ccc(N(c6ccccc6)c6cccc(-c7ccccc7)c6)cc5)cc4-c4ccccc4)cc3)cc21. The van der Waals surface area contributed by atoms with Gasteiger partial charge in [-0.3, -0.25) is 0 Å². The van der Waals surface area contributed by atoms with Gasteiger partial charge in [-0.25, -0.2) is 0 Å². The van der Waals surface area contributed by atoms with Crippen LogP contribution >= 0.6 is 0 Å². The number of rotatable bonds is 11. The molecule has 71 heavy (non-hydrogen) atoms. The van der Waals surface area contributed by atoms with Crippen molar-refractivity contribution in [3.05, 3.63) is 290 Å². The average molecular weight is 909 g/mol. The Morgan fingerprint density at radius 1 is 0.211 bits per heavy atom. The first-order chi connectivity index (χ1) is 35.0. The molecule has 11 aromatic carbocycles. The maximum Gasteiger partial charge on any atom is 0.0467 e. The molecule has 0 radical (unpaired) electrons. The molecule has 11 aromatic rings. The van der Waals surface area contributed by atoms with Gasteiger partial charge in [0.1, 0.15) is 0 Å². The molecule has 2 nitrogen and oxygen atoms in total. The fraction of sp³-hybridized carbons (Fsp3) is 0.0435. The summed E-state index contributed by atoms with van der Waals surface area (Å²) in [4.78, 5) is 4.74. The van der Waals surface area contributed by atoms with Crippen molar-refractivity contribution in [3.8, 4) is 66.8 Å². The molecule has 0 amide bonds. The molecule has 338 valence electrons. The summed E-state index contributed by atoms with van der Waals surface area (Å²) in [7, 11) is 0. The fourth-order valence-corrected chi connectivity index (χ4v) is 10.7. The van der Waals surface area contributed by atoms with Gasteiger partial charge in [0.25, 0.3) is 0 Å². The number of nitrogens with zero attached hydrogens (tertiary/aromatic N) is 2. The maximum atomic E-state index is 2.41. The van der Waals surface area contributed by atoms with E-state index in [-0.39, 0.29) is 5.41 Å². The van der Waals surface area contributed by atoms with Crippen LogP contribution in [-0.2, 0) is 5.41 Å². The number of hydrogen-bond acceptors (Lipinski definition) is 2. The van der Waals surface area contributed by atoms with Gasteiger partial charge < -0.3 is 9.80 Å². The molecule has 2 heteroatoms. The minimum atomic E-state index is -0.107. The zero-order valence-corrected chi connectivity index (χ0v) is 40.0. The fourth-order valence-electron chi connectivity index (χ4n) is 10.7. The van der Waals surface area contributed by atoms with E-state index in [1.54, 1.807) is 0 Å². The Hall–Kier alpha value is -8.98. The second-order valence-corrected chi connectivity index (χ2v) is 18.9. The highest BCUT2D eigenvalue weighted by Crippen LogP contribution is 2.51. The van der Waals surface area contributed by atoms with Crippen LogP contribution in [0.5, 0.6) is 0 Å². The molecule has 0 heterocycles. The monoisotopic (exact) mass is 908 g/mol. The lowest BCUT2D eigenvalue weighted by Crippen LogP contribution is -2.16.